The molecule has 1 aromatic heterocycles. The van der Waals surface area contributed by atoms with Gasteiger partial charge >= 0.3 is 0 Å². The van der Waals surface area contributed by atoms with Crippen LogP contribution in [0.15, 0.2) is 36.5 Å². The zero-order chi connectivity index (χ0) is 13.8. The molecule has 1 N–H and O–H groups in total. The summed E-state index contributed by atoms with van der Waals surface area (Å²) in [5.41, 5.74) is 2.02. The van der Waals surface area contributed by atoms with Crippen LogP contribution in [0.2, 0.25) is 0 Å². The zero-order valence-electron chi connectivity index (χ0n) is 11.5. The van der Waals surface area contributed by atoms with E-state index in [9.17, 15) is 4.21 Å². The predicted molar refractivity (Wildman–Crippen MR) is 80.3 cm³/mol. The summed E-state index contributed by atoms with van der Waals surface area (Å²) in [4.78, 5) is 4.47. The molecule has 1 heterocycles. The van der Waals surface area contributed by atoms with Gasteiger partial charge in [-0.3, -0.25) is 8.78 Å². The molecule has 0 spiro atoms. The Morgan fingerprint density at radius 2 is 2.05 bits per heavy atom. The summed E-state index contributed by atoms with van der Waals surface area (Å²) in [5, 5.41) is 3.37. The van der Waals surface area contributed by atoms with Crippen LogP contribution in [0.4, 0.5) is 5.95 Å². The van der Waals surface area contributed by atoms with Gasteiger partial charge in [-0.25, -0.2) is 4.98 Å². The third-order valence-electron chi connectivity index (χ3n) is 2.98. The molecular weight excluding hydrogens is 258 g/mol. The molecule has 0 aliphatic heterocycles. The van der Waals surface area contributed by atoms with Crippen LogP contribution < -0.4 is 5.32 Å². The standard InChI is InChI=1S/C14H19N3OS/c1-11-10-17(13-7-5-4-6-8-13)14(16-11)15-9-12(2)19(3)18/h4-8,10,12H,9H2,1-3H3,(H,15,16). The summed E-state index contributed by atoms with van der Waals surface area (Å²) in [6, 6.07) is 10.1. The number of aryl methyl sites for hydroxylation is 1. The molecule has 0 aliphatic carbocycles. The number of nitrogens with one attached hydrogen (secondary N) is 1. The van der Waals surface area contributed by atoms with Crippen LogP contribution >= 0.6 is 0 Å². The number of anilines is 1. The van der Waals surface area contributed by atoms with E-state index in [0.717, 1.165) is 17.3 Å². The second kappa shape index (κ2) is 6.02. The van der Waals surface area contributed by atoms with Gasteiger partial charge in [0, 0.05) is 40.7 Å². The second-order valence-electron chi connectivity index (χ2n) is 4.60. The molecular formula is C14H19N3OS. The molecule has 0 bridgehead atoms. The fourth-order valence-corrected chi connectivity index (χ4v) is 2.08. The first kappa shape index (κ1) is 13.8. The lowest BCUT2D eigenvalue weighted by molar-refractivity contribution is 0.678. The third kappa shape index (κ3) is 3.44. The Morgan fingerprint density at radius 3 is 2.68 bits per heavy atom. The minimum atomic E-state index is -0.828. The molecule has 19 heavy (non-hydrogen) atoms. The summed E-state index contributed by atoms with van der Waals surface area (Å²) in [5.74, 6) is 0.793. The molecule has 2 aromatic rings. The highest BCUT2D eigenvalue weighted by molar-refractivity contribution is 7.84. The molecule has 4 nitrogen and oxygen atoms in total. The molecule has 0 fully saturated rings. The molecule has 5 heteroatoms. The maximum atomic E-state index is 11.4. The summed E-state index contributed by atoms with van der Waals surface area (Å²) < 4.78 is 13.4. The molecule has 0 saturated carbocycles. The number of imidazole rings is 1. The van der Waals surface area contributed by atoms with Crippen molar-refractivity contribution in [3.8, 4) is 5.69 Å². The van der Waals surface area contributed by atoms with Gasteiger partial charge in [-0.2, -0.15) is 0 Å². The average Bonchev–Trinajstić information content (AvgIpc) is 2.78. The maximum Gasteiger partial charge on any atom is 0.207 e. The van der Waals surface area contributed by atoms with Gasteiger partial charge in [-0.1, -0.05) is 18.2 Å². The Bertz CT molecular complexity index is 565. The number of benzene rings is 1. The number of para-hydroxylation sites is 1. The van der Waals surface area contributed by atoms with E-state index < -0.39 is 10.8 Å². The highest BCUT2D eigenvalue weighted by Crippen LogP contribution is 2.16. The fraction of sp³-hybridized carbons (Fsp3) is 0.357. The predicted octanol–water partition coefficient (Wildman–Crippen LogP) is 2.36. The van der Waals surface area contributed by atoms with Gasteiger partial charge in [-0.15, -0.1) is 0 Å². The highest BCUT2D eigenvalue weighted by Gasteiger charge is 2.10. The van der Waals surface area contributed by atoms with Crippen molar-refractivity contribution in [2.45, 2.75) is 19.1 Å². The zero-order valence-corrected chi connectivity index (χ0v) is 12.3. The molecule has 2 unspecified atom stereocenters. The summed E-state index contributed by atoms with van der Waals surface area (Å²) in [7, 11) is -0.828. The van der Waals surface area contributed by atoms with Crippen LogP contribution in [0.25, 0.3) is 5.69 Å². The summed E-state index contributed by atoms with van der Waals surface area (Å²) >= 11 is 0. The van der Waals surface area contributed by atoms with E-state index in [2.05, 4.69) is 10.3 Å². The minimum Gasteiger partial charge on any atom is -0.354 e. The van der Waals surface area contributed by atoms with Gasteiger partial charge in [0.2, 0.25) is 5.95 Å². The monoisotopic (exact) mass is 277 g/mol. The SMILES string of the molecule is Cc1cn(-c2ccccc2)c(NCC(C)S(C)=O)n1. The van der Waals surface area contributed by atoms with Crippen molar-refractivity contribution in [2.24, 2.45) is 0 Å². The Balaban J connectivity index is 2.20. The van der Waals surface area contributed by atoms with E-state index in [1.807, 2.05) is 54.9 Å². The van der Waals surface area contributed by atoms with Gasteiger partial charge in [0.05, 0.1) is 5.69 Å². The molecule has 0 saturated heterocycles. The van der Waals surface area contributed by atoms with Crippen molar-refractivity contribution in [3.05, 3.63) is 42.2 Å². The normalized spacial score (nSPS) is 14.1. The Morgan fingerprint density at radius 1 is 1.37 bits per heavy atom. The van der Waals surface area contributed by atoms with E-state index in [0.29, 0.717) is 6.54 Å². The fourth-order valence-electron chi connectivity index (χ4n) is 1.76. The van der Waals surface area contributed by atoms with Gasteiger partial charge in [0.15, 0.2) is 0 Å². The highest BCUT2D eigenvalue weighted by atomic mass is 32.2. The van der Waals surface area contributed by atoms with Crippen molar-refractivity contribution in [3.63, 3.8) is 0 Å². The van der Waals surface area contributed by atoms with Crippen molar-refractivity contribution >= 4 is 16.7 Å². The molecule has 2 rings (SSSR count). The third-order valence-corrected chi connectivity index (χ3v) is 4.27. The van der Waals surface area contributed by atoms with Crippen molar-refractivity contribution < 1.29 is 4.21 Å². The quantitative estimate of drug-likeness (QED) is 0.912. The van der Waals surface area contributed by atoms with E-state index >= 15 is 0 Å². The van der Waals surface area contributed by atoms with Crippen LogP contribution in [0.5, 0.6) is 0 Å². The molecule has 1 aromatic carbocycles. The minimum absolute atomic E-state index is 0.0984. The molecule has 102 valence electrons. The largest absolute Gasteiger partial charge is 0.354 e. The van der Waals surface area contributed by atoms with Crippen LogP contribution in [0.3, 0.4) is 0 Å². The smallest absolute Gasteiger partial charge is 0.207 e. The van der Waals surface area contributed by atoms with E-state index in [-0.39, 0.29) is 5.25 Å². The molecule has 0 amide bonds. The lowest BCUT2D eigenvalue weighted by atomic mass is 10.3. The van der Waals surface area contributed by atoms with Crippen molar-refractivity contribution in [1.82, 2.24) is 9.55 Å². The first-order chi connectivity index (χ1) is 9.08. The van der Waals surface area contributed by atoms with E-state index in [1.165, 1.54) is 0 Å². The van der Waals surface area contributed by atoms with Crippen molar-refractivity contribution in [1.29, 1.82) is 0 Å². The first-order valence-corrected chi connectivity index (χ1v) is 7.87. The Hall–Kier alpha value is -1.62. The van der Waals surface area contributed by atoms with Gasteiger partial charge in [0.1, 0.15) is 0 Å². The maximum absolute atomic E-state index is 11.4. The summed E-state index contributed by atoms with van der Waals surface area (Å²) in [6.07, 6.45) is 3.71. The lowest BCUT2D eigenvalue weighted by Crippen LogP contribution is -2.22. The van der Waals surface area contributed by atoms with Crippen LogP contribution in [0.1, 0.15) is 12.6 Å². The average molecular weight is 277 g/mol. The van der Waals surface area contributed by atoms with Crippen LogP contribution in [0, 0.1) is 6.92 Å². The number of hydrogen-bond acceptors (Lipinski definition) is 3. The van der Waals surface area contributed by atoms with Crippen molar-refractivity contribution in [2.75, 3.05) is 18.1 Å². The summed E-state index contributed by atoms with van der Waals surface area (Å²) in [6.45, 7) is 4.57. The van der Waals surface area contributed by atoms with E-state index in [1.54, 1.807) is 6.26 Å². The first-order valence-electron chi connectivity index (χ1n) is 6.25. The number of rotatable bonds is 5. The molecule has 0 radical (unpaired) electrons. The van der Waals surface area contributed by atoms with Gasteiger partial charge < -0.3 is 5.32 Å². The molecule has 2 atom stereocenters. The van der Waals surface area contributed by atoms with Crippen LogP contribution in [-0.4, -0.2) is 31.8 Å². The Kier molecular flexibility index (Phi) is 4.37. The topological polar surface area (TPSA) is 46.9 Å². The number of aromatic nitrogens is 2. The second-order valence-corrected chi connectivity index (χ2v) is 6.40. The van der Waals surface area contributed by atoms with Gasteiger partial charge in [0.25, 0.3) is 0 Å². The molecule has 0 aliphatic rings. The Labute approximate surface area is 116 Å². The number of nitrogens with zero attached hydrogens (tertiary/aromatic N) is 2. The van der Waals surface area contributed by atoms with Gasteiger partial charge in [-0.05, 0) is 26.0 Å². The van der Waals surface area contributed by atoms with E-state index in [4.69, 9.17) is 0 Å². The van der Waals surface area contributed by atoms with Crippen LogP contribution in [-0.2, 0) is 10.8 Å². The number of hydrogen-bond donors (Lipinski definition) is 1. The lowest BCUT2D eigenvalue weighted by Gasteiger charge is -2.12.